The van der Waals surface area contributed by atoms with Gasteiger partial charge in [0.05, 0.1) is 33.8 Å². The van der Waals surface area contributed by atoms with Gasteiger partial charge in [-0.1, -0.05) is 36.4 Å². The van der Waals surface area contributed by atoms with Crippen molar-refractivity contribution in [3.8, 4) is 0 Å². The lowest BCUT2D eigenvalue weighted by molar-refractivity contribution is -0.882. The molecular formula is C15H25NO4S. The molecule has 0 spiro atoms. The minimum Gasteiger partial charge on any atom is -0.726 e. The first-order valence-electron chi connectivity index (χ1n) is 6.84. The van der Waals surface area contributed by atoms with Crippen LogP contribution in [0.3, 0.4) is 0 Å². The van der Waals surface area contributed by atoms with Gasteiger partial charge < -0.3 is 9.04 Å². The van der Waals surface area contributed by atoms with Crippen LogP contribution in [0.4, 0.5) is 0 Å². The largest absolute Gasteiger partial charge is 0.726 e. The Balaban J connectivity index is 0.000000486. The topological polar surface area (TPSA) is 66.4 Å². The van der Waals surface area contributed by atoms with Crippen LogP contribution < -0.4 is 0 Å². The molecule has 0 radical (unpaired) electrons. The minimum atomic E-state index is -4.42. The second kappa shape index (κ2) is 9.68. The van der Waals surface area contributed by atoms with Crippen LogP contribution in [0.15, 0.2) is 36.4 Å². The highest BCUT2D eigenvalue weighted by Crippen LogP contribution is 2.02. The third kappa shape index (κ3) is 12.3. The zero-order valence-electron chi connectivity index (χ0n) is 13.2. The van der Waals surface area contributed by atoms with E-state index in [1.165, 1.54) is 19.0 Å². The monoisotopic (exact) mass is 315 g/mol. The Morgan fingerprint density at radius 3 is 2.14 bits per heavy atom. The molecule has 1 aromatic rings. The fourth-order valence-corrected chi connectivity index (χ4v) is 1.60. The Morgan fingerprint density at radius 2 is 1.76 bits per heavy atom. The summed E-state index contributed by atoms with van der Waals surface area (Å²) in [6.07, 6.45) is 4.44. The van der Waals surface area contributed by atoms with Gasteiger partial charge in [0, 0.05) is 0 Å². The van der Waals surface area contributed by atoms with Crippen molar-refractivity contribution in [1.29, 1.82) is 0 Å². The molecule has 6 heteroatoms. The summed E-state index contributed by atoms with van der Waals surface area (Å²) in [5.74, 6) is 0. The van der Waals surface area contributed by atoms with Gasteiger partial charge in [-0.3, -0.25) is 4.18 Å². The van der Waals surface area contributed by atoms with Gasteiger partial charge >= 0.3 is 0 Å². The van der Waals surface area contributed by atoms with Gasteiger partial charge in [-0.2, -0.15) is 0 Å². The highest BCUT2D eigenvalue weighted by atomic mass is 32.3. The molecule has 1 rings (SSSR count). The first-order chi connectivity index (χ1) is 9.70. The highest BCUT2D eigenvalue weighted by Gasteiger charge is 2.07. The Morgan fingerprint density at radius 1 is 1.19 bits per heavy atom. The SMILES string of the molecule is CCOS(=O)(=O)[O-].CC[N+](C)(C)CC=Cc1ccccc1. The maximum atomic E-state index is 9.45. The number of hydrogen-bond donors (Lipinski definition) is 0. The smallest absolute Gasteiger partial charge is 0.217 e. The second-order valence-electron chi connectivity index (χ2n) is 5.06. The van der Waals surface area contributed by atoms with Gasteiger partial charge in [-0.25, -0.2) is 8.42 Å². The van der Waals surface area contributed by atoms with Gasteiger partial charge in [0.25, 0.3) is 0 Å². The molecule has 5 nitrogen and oxygen atoms in total. The second-order valence-corrected chi connectivity index (χ2v) is 6.11. The third-order valence-corrected chi connectivity index (χ3v) is 3.35. The normalized spacial score (nSPS) is 12.0. The first-order valence-corrected chi connectivity index (χ1v) is 8.17. The number of likely N-dealkylation sites (N-methyl/N-ethyl adjacent to an activating group) is 1. The average molecular weight is 315 g/mol. The van der Waals surface area contributed by atoms with Crippen molar-refractivity contribution in [3.63, 3.8) is 0 Å². The maximum absolute atomic E-state index is 9.45. The van der Waals surface area contributed by atoms with Crippen molar-refractivity contribution in [1.82, 2.24) is 0 Å². The summed E-state index contributed by atoms with van der Waals surface area (Å²) in [4.78, 5) is 0. The van der Waals surface area contributed by atoms with Crippen molar-refractivity contribution in [2.75, 3.05) is 33.8 Å². The molecule has 0 fully saturated rings. The van der Waals surface area contributed by atoms with Crippen LogP contribution in [-0.2, 0) is 14.6 Å². The van der Waals surface area contributed by atoms with E-state index in [-0.39, 0.29) is 6.61 Å². The van der Waals surface area contributed by atoms with Gasteiger partial charge in [0.15, 0.2) is 0 Å². The van der Waals surface area contributed by atoms with Gasteiger partial charge in [-0.05, 0) is 25.5 Å². The summed E-state index contributed by atoms with van der Waals surface area (Å²) in [5, 5.41) is 0. The quantitative estimate of drug-likeness (QED) is 0.459. The lowest BCUT2D eigenvalue weighted by Crippen LogP contribution is -2.39. The highest BCUT2D eigenvalue weighted by molar-refractivity contribution is 7.80. The number of rotatable bonds is 6. The molecule has 0 bridgehead atoms. The molecule has 0 unspecified atom stereocenters. The van der Waals surface area contributed by atoms with Crippen molar-refractivity contribution in [3.05, 3.63) is 42.0 Å². The van der Waals surface area contributed by atoms with Gasteiger partial charge in [-0.15, -0.1) is 0 Å². The van der Waals surface area contributed by atoms with E-state index in [0.29, 0.717) is 0 Å². The van der Waals surface area contributed by atoms with E-state index >= 15 is 0 Å². The molecule has 120 valence electrons. The van der Waals surface area contributed by atoms with E-state index in [0.717, 1.165) is 11.0 Å². The molecule has 0 saturated carbocycles. The molecule has 21 heavy (non-hydrogen) atoms. The predicted molar refractivity (Wildman–Crippen MR) is 84.3 cm³/mol. The molecule has 0 amide bonds. The average Bonchev–Trinajstić information content (AvgIpc) is 2.39. The van der Waals surface area contributed by atoms with Crippen LogP contribution >= 0.6 is 0 Å². The van der Waals surface area contributed by atoms with Crippen LogP contribution in [0.1, 0.15) is 19.4 Å². The van der Waals surface area contributed by atoms with E-state index < -0.39 is 10.4 Å². The summed E-state index contributed by atoms with van der Waals surface area (Å²) >= 11 is 0. The molecular weight excluding hydrogens is 290 g/mol. The Kier molecular flexibility index (Phi) is 9.12. The summed E-state index contributed by atoms with van der Waals surface area (Å²) in [5.41, 5.74) is 1.28. The summed E-state index contributed by atoms with van der Waals surface area (Å²) in [7, 11) is 0.0666. The summed E-state index contributed by atoms with van der Waals surface area (Å²) in [6, 6.07) is 10.4. The fourth-order valence-electron chi connectivity index (χ4n) is 1.31. The van der Waals surface area contributed by atoms with E-state index in [1.54, 1.807) is 0 Å². The van der Waals surface area contributed by atoms with Crippen molar-refractivity contribution >= 4 is 16.5 Å². The van der Waals surface area contributed by atoms with E-state index in [9.17, 15) is 13.0 Å². The number of quaternary nitrogens is 1. The Labute approximate surface area is 128 Å². The number of nitrogens with zero attached hydrogens (tertiary/aromatic N) is 1. The number of hydrogen-bond acceptors (Lipinski definition) is 4. The van der Waals surface area contributed by atoms with E-state index in [4.69, 9.17) is 0 Å². The van der Waals surface area contributed by atoms with Crippen LogP contribution in [0.25, 0.3) is 6.08 Å². The first kappa shape index (κ1) is 19.8. The zero-order valence-corrected chi connectivity index (χ0v) is 14.0. The third-order valence-electron chi connectivity index (χ3n) is 2.83. The maximum Gasteiger partial charge on any atom is 0.217 e. The number of benzene rings is 1. The molecule has 0 aliphatic heterocycles. The van der Waals surface area contributed by atoms with Crippen molar-refractivity contribution in [2.45, 2.75) is 13.8 Å². The van der Waals surface area contributed by atoms with E-state index in [2.05, 4.69) is 61.6 Å². The van der Waals surface area contributed by atoms with Crippen LogP contribution in [-0.4, -0.2) is 51.2 Å². The molecule has 0 atom stereocenters. The minimum absolute atomic E-state index is 0.0914. The lowest BCUT2D eigenvalue weighted by Gasteiger charge is -2.26. The van der Waals surface area contributed by atoms with Crippen molar-refractivity contribution < 1.29 is 21.6 Å². The standard InChI is InChI=1S/C13H20N.C2H6O4S/c1-4-14(2,3)12-8-11-13-9-6-5-7-10-13;1-2-6-7(3,4)5/h5-11H,4,12H2,1-3H3;2H2,1H3,(H,3,4,5)/q+1;/p-1. The Bertz CT molecular complexity index is 510. The van der Waals surface area contributed by atoms with Crippen molar-refractivity contribution in [2.24, 2.45) is 0 Å². The molecule has 0 saturated heterocycles. The lowest BCUT2D eigenvalue weighted by atomic mass is 10.2. The van der Waals surface area contributed by atoms with E-state index in [1.807, 2.05) is 6.07 Å². The van der Waals surface area contributed by atoms with Gasteiger partial charge in [0.2, 0.25) is 10.4 Å². The predicted octanol–water partition coefficient (Wildman–Crippen LogP) is 2.28. The Hall–Kier alpha value is -1.21. The van der Waals surface area contributed by atoms with Gasteiger partial charge in [0.1, 0.15) is 0 Å². The molecule has 0 N–H and O–H groups in total. The molecule has 0 aromatic heterocycles. The van der Waals surface area contributed by atoms with Crippen LogP contribution in [0.5, 0.6) is 0 Å². The summed E-state index contributed by atoms with van der Waals surface area (Å²) < 4.78 is 33.1. The van der Waals surface area contributed by atoms with Crippen LogP contribution in [0, 0.1) is 0 Å². The zero-order chi connectivity index (χ0) is 16.4. The molecule has 1 aromatic carbocycles. The molecule has 0 aliphatic carbocycles. The van der Waals surface area contributed by atoms with Crippen LogP contribution in [0.2, 0.25) is 0 Å². The molecule has 0 heterocycles. The summed E-state index contributed by atoms with van der Waals surface area (Å²) in [6.45, 7) is 5.81. The molecule has 0 aliphatic rings. The fraction of sp³-hybridized carbons (Fsp3) is 0.467.